The Hall–Kier alpha value is -3.56. The number of anilines is 1. The average molecular weight is 403 g/mol. The van der Waals surface area contributed by atoms with E-state index in [4.69, 9.17) is 5.73 Å². The van der Waals surface area contributed by atoms with E-state index in [1.165, 1.54) is 28.9 Å². The number of nitrogens with one attached hydrogen (secondary N) is 1. The Labute approximate surface area is 164 Å². The van der Waals surface area contributed by atoms with Crippen molar-refractivity contribution in [3.05, 3.63) is 53.0 Å². The Morgan fingerprint density at radius 2 is 2.00 bits per heavy atom. The summed E-state index contributed by atoms with van der Waals surface area (Å²) in [5, 5.41) is 6.72. The number of rotatable bonds is 7. The van der Waals surface area contributed by atoms with Crippen molar-refractivity contribution in [2.24, 2.45) is 5.73 Å². The van der Waals surface area contributed by atoms with E-state index >= 15 is 0 Å². The predicted octanol–water partition coefficient (Wildman–Crippen LogP) is 2.62. The molecule has 8 nitrogen and oxygen atoms in total. The van der Waals surface area contributed by atoms with Crippen LogP contribution < -0.4 is 15.8 Å². The van der Waals surface area contributed by atoms with Crippen molar-refractivity contribution in [2.45, 2.75) is 33.3 Å². The third-order valence-electron chi connectivity index (χ3n) is 4.45. The molecule has 2 heterocycles. The molecule has 1 aromatic carbocycles. The number of nitrogens with two attached hydrogens (primary N) is 1. The van der Waals surface area contributed by atoms with Crippen molar-refractivity contribution in [3.8, 4) is 5.75 Å². The molecule has 0 aliphatic heterocycles. The fourth-order valence-electron chi connectivity index (χ4n) is 3.07. The van der Waals surface area contributed by atoms with Gasteiger partial charge in [0, 0.05) is 17.8 Å². The quantitative estimate of drug-likeness (QED) is 0.630. The number of hydrogen-bond acceptors (Lipinski definition) is 5. The SMILES string of the molecule is Cc1nc2c(C(N)=O)cnn2c(C)c1CCC(=O)Nc1ccccc1OC(F)F. The van der Waals surface area contributed by atoms with E-state index in [0.717, 1.165) is 11.3 Å². The number of hydrogen-bond donors (Lipinski definition) is 2. The van der Waals surface area contributed by atoms with Crippen LogP contribution in [0.3, 0.4) is 0 Å². The Morgan fingerprint density at radius 3 is 2.69 bits per heavy atom. The van der Waals surface area contributed by atoms with Crippen LogP contribution in [0.2, 0.25) is 0 Å². The van der Waals surface area contributed by atoms with Gasteiger partial charge in [-0.15, -0.1) is 0 Å². The van der Waals surface area contributed by atoms with Gasteiger partial charge in [0.05, 0.1) is 11.9 Å². The lowest BCUT2D eigenvalue weighted by Crippen LogP contribution is -2.16. The van der Waals surface area contributed by atoms with E-state index in [1.807, 2.05) is 0 Å². The highest BCUT2D eigenvalue weighted by molar-refractivity contribution is 5.98. The summed E-state index contributed by atoms with van der Waals surface area (Å²) in [4.78, 5) is 28.2. The highest BCUT2D eigenvalue weighted by Gasteiger charge is 2.18. The Balaban J connectivity index is 1.76. The van der Waals surface area contributed by atoms with Gasteiger partial charge in [-0.2, -0.15) is 13.9 Å². The second-order valence-electron chi connectivity index (χ2n) is 6.34. The summed E-state index contributed by atoms with van der Waals surface area (Å²) < 4.78 is 30.9. The lowest BCUT2D eigenvalue weighted by atomic mass is 10.1. The summed E-state index contributed by atoms with van der Waals surface area (Å²) in [7, 11) is 0. The number of nitrogens with zero attached hydrogens (tertiary/aromatic N) is 3. The van der Waals surface area contributed by atoms with Crippen LogP contribution in [-0.2, 0) is 11.2 Å². The summed E-state index contributed by atoms with van der Waals surface area (Å²) in [6.45, 7) is 0.581. The van der Waals surface area contributed by atoms with E-state index in [9.17, 15) is 18.4 Å². The van der Waals surface area contributed by atoms with E-state index < -0.39 is 12.5 Å². The minimum absolute atomic E-state index is 0.0851. The van der Waals surface area contributed by atoms with Gasteiger partial charge >= 0.3 is 6.61 Å². The molecule has 0 fully saturated rings. The minimum Gasteiger partial charge on any atom is -0.433 e. The summed E-state index contributed by atoms with van der Waals surface area (Å²) in [6, 6.07) is 5.97. The molecule has 2 aromatic heterocycles. The number of aryl methyl sites for hydroxylation is 2. The standard InChI is InChI=1S/C19H19F2N5O3/c1-10-12(11(2)26-18(24-10)13(9-23-26)17(22)28)7-8-16(27)25-14-5-3-4-6-15(14)29-19(20)21/h3-6,9,19H,7-8H2,1-2H3,(H2,22,28)(H,25,27). The van der Waals surface area contributed by atoms with E-state index in [2.05, 4.69) is 20.1 Å². The van der Waals surface area contributed by atoms with Crippen molar-refractivity contribution >= 4 is 23.1 Å². The van der Waals surface area contributed by atoms with Gasteiger partial charge in [0.15, 0.2) is 5.65 Å². The van der Waals surface area contributed by atoms with Crippen molar-refractivity contribution < 1.29 is 23.1 Å². The molecule has 0 atom stereocenters. The molecule has 29 heavy (non-hydrogen) atoms. The number of primary amides is 1. The monoisotopic (exact) mass is 403 g/mol. The topological polar surface area (TPSA) is 112 Å². The van der Waals surface area contributed by atoms with Gasteiger partial charge in [0.25, 0.3) is 5.91 Å². The molecule has 0 saturated carbocycles. The van der Waals surface area contributed by atoms with Crippen LogP contribution in [0.4, 0.5) is 14.5 Å². The molecule has 0 saturated heterocycles. The highest BCUT2D eigenvalue weighted by Crippen LogP contribution is 2.26. The zero-order valence-electron chi connectivity index (χ0n) is 15.8. The van der Waals surface area contributed by atoms with Gasteiger partial charge in [-0.25, -0.2) is 9.50 Å². The van der Waals surface area contributed by atoms with Gasteiger partial charge in [-0.05, 0) is 38.0 Å². The van der Waals surface area contributed by atoms with Crippen LogP contribution in [0.15, 0.2) is 30.5 Å². The van der Waals surface area contributed by atoms with Gasteiger partial charge in [0.1, 0.15) is 11.3 Å². The molecule has 0 radical (unpaired) electrons. The molecule has 2 amide bonds. The predicted molar refractivity (Wildman–Crippen MR) is 101 cm³/mol. The molecule has 3 rings (SSSR count). The lowest BCUT2D eigenvalue weighted by molar-refractivity contribution is -0.116. The van der Waals surface area contributed by atoms with Crippen LogP contribution >= 0.6 is 0 Å². The van der Waals surface area contributed by atoms with E-state index in [0.29, 0.717) is 17.8 Å². The van der Waals surface area contributed by atoms with Gasteiger partial charge in [-0.1, -0.05) is 12.1 Å². The average Bonchev–Trinajstić information content (AvgIpc) is 3.07. The van der Waals surface area contributed by atoms with Crippen LogP contribution in [-0.4, -0.2) is 33.0 Å². The molecule has 0 spiro atoms. The third kappa shape index (κ3) is 4.31. The number of carbonyl (C=O) groups is 2. The lowest BCUT2D eigenvalue weighted by Gasteiger charge is -2.13. The number of alkyl halides is 2. The first kappa shape index (κ1) is 20.2. The van der Waals surface area contributed by atoms with Crippen molar-refractivity contribution in [1.82, 2.24) is 14.6 Å². The molecule has 3 aromatic rings. The first-order chi connectivity index (χ1) is 13.8. The summed E-state index contributed by atoms with van der Waals surface area (Å²) in [5.41, 5.74) is 8.25. The first-order valence-electron chi connectivity index (χ1n) is 8.75. The van der Waals surface area contributed by atoms with Gasteiger partial charge in [-0.3, -0.25) is 9.59 Å². The summed E-state index contributed by atoms with van der Waals surface area (Å²) in [6.07, 6.45) is 1.78. The molecule has 0 bridgehead atoms. The zero-order chi connectivity index (χ0) is 21.1. The number of para-hydroxylation sites is 2. The summed E-state index contributed by atoms with van der Waals surface area (Å²) in [5.74, 6) is -1.10. The van der Waals surface area contributed by atoms with Gasteiger partial charge in [0.2, 0.25) is 5.91 Å². The van der Waals surface area contributed by atoms with Crippen molar-refractivity contribution in [3.63, 3.8) is 0 Å². The maximum Gasteiger partial charge on any atom is 0.387 e. The summed E-state index contributed by atoms with van der Waals surface area (Å²) >= 11 is 0. The van der Waals surface area contributed by atoms with E-state index in [1.54, 1.807) is 19.9 Å². The molecule has 10 heteroatoms. The maximum absolute atomic E-state index is 12.5. The van der Waals surface area contributed by atoms with E-state index in [-0.39, 0.29) is 29.3 Å². The normalized spacial score (nSPS) is 11.1. The smallest absolute Gasteiger partial charge is 0.387 e. The molecular formula is C19H19F2N5O3. The van der Waals surface area contributed by atoms with Crippen LogP contribution in [0.5, 0.6) is 5.75 Å². The fraction of sp³-hybridized carbons (Fsp3) is 0.263. The Morgan fingerprint density at radius 1 is 1.28 bits per heavy atom. The van der Waals surface area contributed by atoms with Crippen LogP contribution in [0, 0.1) is 13.8 Å². The van der Waals surface area contributed by atoms with Crippen molar-refractivity contribution in [1.29, 1.82) is 0 Å². The number of amides is 2. The fourth-order valence-corrected chi connectivity index (χ4v) is 3.07. The second kappa shape index (κ2) is 8.21. The van der Waals surface area contributed by atoms with Gasteiger partial charge < -0.3 is 15.8 Å². The largest absolute Gasteiger partial charge is 0.433 e. The Kier molecular flexibility index (Phi) is 5.71. The molecule has 0 aliphatic rings. The maximum atomic E-state index is 12.5. The molecule has 3 N–H and O–H groups in total. The number of carbonyl (C=O) groups excluding carboxylic acids is 2. The van der Waals surface area contributed by atoms with Crippen LogP contribution in [0.25, 0.3) is 5.65 Å². The highest BCUT2D eigenvalue weighted by atomic mass is 19.3. The van der Waals surface area contributed by atoms with Crippen molar-refractivity contribution in [2.75, 3.05) is 5.32 Å². The number of ether oxygens (including phenoxy) is 1. The third-order valence-corrected chi connectivity index (χ3v) is 4.45. The first-order valence-corrected chi connectivity index (χ1v) is 8.75. The Bertz CT molecular complexity index is 1080. The molecule has 0 aliphatic carbocycles. The number of aromatic nitrogens is 3. The number of benzene rings is 1. The minimum atomic E-state index is -2.99. The number of fused-ring (bicyclic) bond motifs is 1. The number of halogens is 2. The second-order valence-corrected chi connectivity index (χ2v) is 6.34. The molecule has 152 valence electrons. The van der Waals surface area contributed by atoms with Crippen LogP contribution in [0.1, 0.15) is 33.7 Å². The zero-order valence-corrected chi connectivity index (χ0v) is 15.8. The molecular weight excluding hydrogens is 384 g/mol. The molecule has 0 unspecified atom stereocenters.